The summed E-state index contributed by atoms with van der Waals surface area (Å²) in [6.07, 6.45) is 3.65. The van der Waals surface area contributed by atoms with Gasteiger partial charge in [0.15, 0.2) is 0 Å². The third-order valence-electron chi connectivity index (χ3n) is 4.52. The van der Waals surface area contributed by atoms with Crippen LogP contribution in [0.2, 0.25) is 0 Å². The van der Waals surface area contributed by atoms with Gasteiger partial charge >= 0.3 is 0 Å². The van der Waals surface area contributed by atoms with Crippen LogP contribution in [0.4, 0.5) is 17.1 Å². The van der Waals surface area contributed by atoms with E-state index in [4.69, 9.17) is 0 Å². The molecule has 2 nitrogen and oxygen atoms in total. The maximum Gasteiger partial charge on any atom is 0.0462 e. The van der Waals surface area contributed by atoms with Crippen molar-refractivity contribution < 1.29 is 0 Å². The number of rotatable bonds is 4. The fourth-order valence-corrected chi connectivity index (χ4v) is 3.44. The molecule has 0 radical (unpaired) electrons. The fourth-order valence-electron chi connectivity index (χ4n) is 3.08. The lowest BCUT2D eigenvalue weighted by atomic mass is 10.1. The summed E-state index contributed by atoms with van der Waals surface area (Å²) in [6.45, 7) is 2.11. The molecule has 1 heterocycles. The second-order valence-electron chi connectivity index (χ2n) is 6.43. The number of nitrogens with zero attached hydrogens (tertiary/aromatic N) is 2. The Morgan fingerprint density at radius 1 is 0.593 bits per heavy atom. The highest BCUT2D eigenvalue weighted by Crippen LogP contribution is 2.35. The first-order valence-electron chi connectivity index (χ1n) is 8.83. The molecule has 0 amide bonds. The Morgan fingerprint density at radius 3 is 1.59 bits per heavy atom. The van der Waals surface area contributed by atoms with Gasteiger partial charge in [-0.1, -0.05) is 29.8 Å². The van der Waals surface area contributed by atoms with E-state index in [1.54, 1.807) is 0 Å². The summed E-state index contributed by atoms with van der Waals surface area (Å²) in [5.74, 6) is 0. The van der Waals surface area contributed by atoms with Crippen molar-refractivity contribution in [2.24, 2.45) is 0 Å². The van der Waals surface area contributed by atoms with E-state index < -0.39 is 0 Å². The summed E-state index contributed by atoms with van der Waals surface area (Å²) in [5, 5.41) is 0. The van der Waals surface area contributed by atoms with Gasteiger partial charge in [-0.15, -0.1) is 0 Å². The molecule has 0 saturated heterocycles. The lowest BCUT2D eigenvalue weighted by Gasteiger charge is -2.26. The van der Waals surface area contributed by atoms with E-state index >= 15 is 0 Å². The molecule has 4 aromatic rings. The highest BCUT2D eigenvalue weighted by Gasteiger charge is 2.12. The molecule has 0 bridgehead atoms. The van der Waals surface area contributed by atoms with Crippen LogP contribution < -0.4 is 4.90 Å². The van der Waals surface area contributed by atoms with Crippen molar-refractivity contribution in [3.63, 3.8) is 0 Å². The summed E-state index contributed by atoms with van der Waals surface area (Å²) >= 11 is 2.34. The number of aromatic nitrogens is 1. The Hall–Kier alpha value is -2.66. The molecule has 0 aliphatic rings. The van der Waals surface area contributed by atoms with Gasteiger partial charge in [0.05, 0.1) is 0 Å². The number of hydrogen-bond donors (Lipinski definition) is 0. The zero-order valence-electron chi connectivity index (χ0n) is 15.0. The van der Waals surface area contributed by atoms with Gasteiger partial charge < -0.3 is 4.90 Å². The predicted molar refractivity (Wildman–Crippen MR) is 122 cm³/mol. The van der Waals surface area contributed by atoms with Gasteiger partial charge in [-0.2, -0.15) is 0 Å². The first-order chi connectivity index (χ1) is 13.2. The molecule has 3 aromatic carbocycles. The van der Waals surface area contributed by atoms with Crippen molar-refractivity contribution in [1.82, 2.24) is 4.98 Å². The van der Waals surface area contributed by atoms with Crippen molar-refractivity contribution in [3.05, 3.63) is 106 Å². The number of anilines is 3. The highest BCUT2D eigenvalue weighted by molar-refractivity contribution is 14.1. The van der Waals surface area contributed by atoms with E-state index in [9.17, 15) is 0 Å². The second kappa shape index (κ2) is 7.92. The molecule has 0 N–H and O–H groups in total. The van der Waals surface area contributed by atoms with Gasteiger partial charge in [-0.05, 0) is 101 Å². The Kier molecular flexibility index (Phi) is 5.21. The van der Waals surface area contributed by atoms with Crippen LogP contribution in [0.3, 0.4) is 0 Å². The maximum absolute atomic E-state index is 4.10. The van der Waals surface area contributed by atoms with Crippen LogP contribution in [0.1, 0.15) is 5.56 Å². The van der Waals surface area contributed by atoms with Crippen molar-refractivity contribution in [2.45, 2.75) is 6.92 Å². The van der Waals surface area contributed by atoms with Crippen LogP contribution in [0.25, 0.3) is 11.1 Å². The number of hydrogen-bond acceptors (Lipinski definition) is 2. The molecule has 132 valence electrons. The SMILES string of the molecule is Cc1ccc(N(c2ccc(I)cc2)c2ccc(-c3ccncc3)cc2)cc1. The van der Waals surface area contributed by atoms with Crippen LogP contribution in [-0.2, 0) is 0 Å². The molecule has 3 heteroatoms. The number of pyridine rings is 1. The molecular weight excluding hydrogens is 443 g/mol. The van der Waals surface area contributed by atoms with E-state index in [2.05, 4.69) is 112 Å². The van der Waals surface area contributed by atoms with E-state index in [1.807, 2.05) is 24.5 Å². The topological polar surface area (TPSA) is 16.1 Å². The predicted octanol–water partition coefficient (Wildman–Crippen LogP) is 7.13. The van der Waals surface area contributed by atoms with Crippen LogP contribution >= 0.6 is 22.6 Å². The molecule has 0 saturated carbocycles. The summed E-state index contributed by atoms with van der Waals surface area (Å²) in [4.78, 5) is 6.38. The molecule has 0 aliphatic heterocycles. The largest absolute Gasteiger partial charge is 0.311 e. The molecule has 0 atom stereocenters. The molecule has 0 spiro atoms. The van der Waals surface area contributed by atoms with Gasteiger partial charge in [0.25, 0.3) is 0 Å². The first-order valence-corrected chi connectivity index (χ1v) is 9.91. The summed E-state index contributed by atoms with van der Waals surface area (Å²) in [6, 6.07) is 30.0. The van der Waals surface area contributed by atoms with Crippen LogP contribution in [-0.4, -0.2) is 4.98 Å². The summed E-state index contributed by atoms with van der Waals surface area (Å²) < 4.78 is 1.23. The lowest BCUT2D eigenvalue weighted by Crippen LogP contribution is -2.09. The Balaban J connectivity index is 1.76. The monoisotopic (exact) mass is 462 g/mol. The number of halogens is 1. The average molecular weight is 462 g/mol. The Bertz CT molecular complexity index is 963. The van der Waals surface area contributed by atoms with Crippen molar-refractivity contribution in [3.8, 4) is 11.1 Å². The van der Waals surface area contributed by atoms with Crippen molar-refractivity contribution in [1.29, 1.82) is 0 Å². The third kappa shape index (κ3) is 4.03. The van der Waals surface area contributed by atoms with Crippen LogP contribution in [0, 0.1) is 10.5 Å². The van der Waals surface area contributed by atoms with Gasteiger partial charge in [0.2, 0.25) is 0 Å². The standard InChI is InChI=1S/C24H19IN2/c1-18-2-8-22(9-3-18)27(24-12-6-21(25)7-13-24)23-10-4-19(5-11-23)20-14-16-26-17-15-20/h2-17H,1H3. The molecule has 1 aromatic heterocycles. The van der Waals surface area contributed by atoms with Crippen molar-refractivity contribution >= 4 is 39.7 Å². The normalized spacial score (nSPS) is 10.6. The second-order valence-corrected chi connectivity index (χ2v) is 7.68. The van der Waals surface area contributed by atoms with Gasteiger partial charge in [-0.25, -0.2) is 0 Å². The molecule has 27 heavy (non-hydrogen) atoms. The van der Waals surface area contributed by atoms with Gasteiger partial charge in [-0.3, -0.25) is 4.98 Å². The maximum atomic E-state index is 4.10. The molecule has 0 aliphatic carbocycles. The quantitative estimate of drug-likeness (QED) is 0.300. The summed E-state index contributed by atoms with van der Waals surface area (Å²) in [7, 11) is 0. The van der Waals surface area contributed by atoms with Crippen LogP contribution in [0.15, 0.2) is 97.3 Å². The minimum Gasteiger partial charge on any atom is -0.311 e. The van der Waals surface area contributed by atoms with Gasteiger partial charge in [0.1, 0.15) is 0 Å². The van der Waals surface area contributed by atoms with E-state index in [-0.39, 0.29) is 0 Å². The van der Waals surface area contributed by atoms with E-state index in [0.717, 1.165) is 17.1 Å². The third-order valence-corrected chi connectivity index (χ3v) is 5.24. The van der Waals surface area contributed by atoms with Crippen molar-refractivity contribution in [2.75, 3.05) is 4.90 Å². The molecule has 0 fully saturated rings. The zero-order valence-corrected chi connectivity index (χ0v) is 17.2. The summed E-state index contributed by atoms with van der Waals surface area (Å²) in [5.41, 5.74) is 7.06. The first kappa shape index (κ1) is 17.7. The van der Waals surface area contributed by atoms with E-state index in [1.165, 1.54) is 20.3 Å². The molecule has 4 rings (SSSR count). The van der Waals surface area contributed by atoms with E-state index in [0.29, 0.717) is 0 Å². The fraction of sp³-hybridized carbons (Fsp3) is 0.0417. The smallest absolute Gasteiger partial charge is 0.0462 e. The zero-order chi connectivity index (χ0) is 18.6. The van der Waals surface area contributed by atoms with Crippen LogP contribution in [0.5, 0.6) is 0 Å². The molecular formula is C24H19IN2. The number of benzene rings is 3. The minimum absolute atomic E-state index is 1.14. The average Bonchev–Trinajstić information content (AvgIpc) is 2.72. The van der Waals surface area contributed by atoms with Gasteiger partial charge in [0, 0.05) is 33.0 Å². The number of aryl methyl sites for hydroxylation is 1. The molecule has 0 unspecified atom stereocenters. The lowest BCUT2D eigenvalue weighted by molar-refractivity contribution is 1.27. The Morgan fingerprint density at radius 2 is 1.04 bits per heavy atom. The minimum atomic E-state index is 1.14. The Labute approximate surface area is 173 Å². The highest BCUT2D eigenvalue weighted by atomic mass is 127.